The fraction of sp³-hybridized carbons (Fsp3) is 0.857. The second kappa shape index (κ2) is 11.7. The van der Waals surface area contributed by atoms with Crippen LogP contribution in [0.1, 0.15) is 27.7 Å². The van der Waals surface area contributed by atoms with Gasteiger partial charge in [0.1, 0.15) is 0 Å². The zero-order valence-electron chi connectivity index (χ0n) is 12.8. The van der Waals surface area contributed by atoms with Gasteiger partial charge in [-0.25, -0.2) is 0 Å². The summed E-state index contributed by atoms with van der Waals surface area (Å²) in [4.78, 5) is 22.6. The summed E-state index contributed by atoms with van der Waals surface area (Å²) in [5.41, 5.74) is 0. The van der Waals surface area contributed by atoms with E-state index in [1.54, 1.807) is 27.7 Å². The smallest absolute Gasteiger partial charge is 0.310 e. The average Bonchev–Trinajstić information content (AvgIpc) is 2.42. The fourth-order valence-electron chi connectivity index (χ4n) is 1.34. The number of carbonyl (C=O) groups excluding carboxylic acids is 2. The first-order valence-electron chi connectivity index (χ1n) is 7.01. The predicted octanol–water partition coefficient (Wildman–Crippen LogP) is 1.42. The van der Waals surface area contributed by atoms with Crippen molar-refractivity contribution < 1.29 is 28.5 Å². The van der Waals surface area contributed by atoms with Gasteiger partial charge in [0.05, 0.1) is 51.5 Å². The summed E-state index contributed by atoms with van der Waals surface area (Å²) < 4.78 is 20.3. The molecule has 0 aromatic heterocycles. The van der Waals surface area contributed by atoms with Crippen LogP contribution in [0.25, 0.3) is 0 Å². The molecule has 20 heavy (non-hydrogen) atoms. The van der Waals surface area contributed by atoms with Gasteiger partial charge in [-0.05, 0) is 27.7 Å². The van der Waals surface area contributed by atoms with Gasteiger partial charge in [-0.15, -0.1) is 0 Å². The summed E-state index contributed by atoms with van der Waals surface area (Å²) in [5.74, 6) is -1.09. The van der Waals surface area contributed by atoms with Crippen LogP contribution in [0.5, 0.6) is 0 Å². The van der Waals surface area contributed by atoms with Crippen LogP contribution in [0.15, 0.2) is 0 Å². The van der Waals surface area contributed by atoms with Crippen molar-refractivity contribution in [3.8, 4) is 0 Å². The number of esters is 2. The lowest BCUT2D eigenvalue weighted by Crippen LogP contribution is -2.22. The van der Waals surface area contributed by atoms with Crippen LogP contribution in [-0.4, -0.2) is 51.6 Å². The summed E-state index contributed by atoms with van der Waals surface area (Å²) >= 11 is 0. The molecule has 0 aromatic rings. The highest BCUT2D eigenvalue weighted by molar-refractivity contribution is 5.72. The summed E-state index contributed by atoms with van der Waals surface area (Å²) in [6, 6.07) is 0. The largest absolute Gasteiger partial charge is 0.466 e. The maximum Gasteiger partial charge on any atom is 0.310 e. The molecule has 0 heterocycles. The van der Waals surface area contributed by atoms with Crippen LogP contribution in [0.3, 0.4) is 0 Å². The molecule has 0 saturated carbocycles. The highest BCUT2D eigenvalue weighted by atomic mass is 16.5. The highest BCUT2D eigenvalue weighted by Gasteiger charge is 2.15. The molecule has 0 aliphatic carbocycles. The van der Waals surface area contributed by atoms with Crippen molar-refractivity contribution in [2.75, 3.05) is 39.6 Å². The van der Waals surface area contributed by atoms with Gasteiger partial charge in [0.2, 0.25) is 0 Å². The summed E-state index contributed by atoms with van der Waals surface area (Å²) in [6.45, 7) is 9.14. The van der Waals surface area contributed by atoms with Gasteiger partial charge < -0.3 is 18.9 Å². The molecule has 0 fully saturated rings. The third kappa shape index (κ3) is 8.87. The molecule has 0 aliphatic rings. The van der Waals surface area contributed by atoms with Crippen LogP contribution >= 0.6 is 0 Å². The van der Waals surface area contributed by atoms with Gasteiger partial charge in [-0.3, -0.25) is 9.59 Å². The van der Waals surface area contributed by atoms with Crippen molar-refractivity contribution in [3.63, 3.8) is 0 Å². The fourth-order valence-corrected chi connectivity index (χ4v) is 1.34. The third-order valence-corrected chi connectivity index (χ3v) is 2.49. The van der Waals surface area contributed by atoms with E-state index in [0.717, 1.165) is 0 Å². The minimum atomic E-state index is -0.284. The third-order valence-electron chi connectivity index (χ3n) is 2.49. The van der Waals surface area contributed by atoms with E-state index in [1.807, 2.05) is 0 Å². The maximum absolute atomic E-state index is 11.3. The van der Waals surface area contributed by atoms with Gasteiger partial charge in [0.15, 0.2) is 0 Å². The molecule has 0 bridgehead atoms. The zero-order valence-corrected chi connectivity index (χ0v) is 12.8. The summed E-state index contributed by atoms with van der Waals surface area (Å²) in [6.07, 6.45) is 0. The Morgan fingerprint density at radius 1 is 0.800 bits per heavy atom. The van der Waals surface area contributed by atoms with Crippen molar-refractivity contribution in [2.24, 2.45) is 11.8 Å². The molecule has 0 spiro atoms. The molecule has 6 nitrogen and oxygen atoms in total. The van der Waals surface area contributed by atoms with Crippen molar-refractivity contribution in [2.45, 2.75) is 27.7 Å². The molecule has 0 saturated heterocycles. The average molecular weight is 290 g/mol. The standard InChI is InChI=1S/C14H26O6/c1-5-19-13(15)11(3)9-17-7-8-18-10-12(4)14(16)20-6-2/h11-12H,5-10H2,1-4H3. The number of hydrogen-bond donors (Lipinski definition) is 0. The normalized spacial score (nSPS) is 13.6. The summed E-state index contributed by atoms with van der Waals surface area (Å²) in [5, 5.41) is 0. The quantitative estimate of drug-likeness (QED) is 0.423. The van der Waals surface area contributed by atoms with Gasteiger partial charge in [-0.1, -0.05) is 0 Å². The molecular formula is C14H26O6. The van der Waals surface area contributed by atoms with E-state index in [9.17, 15) is 9.59 Å². The van der Waals surface area contributed by atoms with E-state index in [2.05, 4.69) is 0 Å². The van der Waals surface area contributed by atoms with Gasteiger partial charge in [0.25, 0.3) is 0 Å². The monoisotopic (exact) mass is 290 g/mol. The number of rotatable bonds is 11. The second-order valence-corrected chi connectivity index (χ2v) is 4.46. The van der Waals surface area contributed by atoms with Gasteiger partial charge in [0, 0.05) is 0 Å². The van der Waals surface area contributed by atoms with Gasteiger partial charge >= 0.3 is 11.9 Å². The molecular weight excluding hydrogens is 264 g/mol. The van der Waals surface area contributed by atoms with Crippen molar-refractivity contribution >= 4 is 11.9 Å². The Morgan fingerprint density at radius 2 is 1.15 bits per heavy atom. The van der Waals surface area contributed by atoms with E-state index < -0.39 is 0 Å². The topological polar surface area (TPSA) is 71.1 Å². The Hall–Kier alpha value is -1.14. The van der Waals surface area contributed by atoms with Crippen LogP contribution in [-0.2, 0) is 28.5 Å². The Balaban J connectivity index is 3.53. The molecule has 0 aliphatic heterocycles. The lowest BCUT2D eigenvalue weighted by Gasteiger charge is -2.12. The zero-order chi connectivity index (χ0) is 15.4. The van der Waals surface area contributed by atoms with Crippen molar-refractivity contribution in [1.82, 2.24) is 0 Å². The predicted molar refractivity (Wildman–Crippen MR) is 73.2 cm³/mol. The van der Waals surface area contributed by atoms with Crippen LogP contribution in [0.2, 0.25) is 0 Å². The molecule has 0 aromatic carbocycles. The Kier molecular flexibility index (Phi) is 11.0. The second-order valence-electron chi connectivity index (χ2n) is 4.46. The van der Waals surface area contributed by atoms with Crippen LogP contribution in [0, 0.1) is 11.8 Å². The van der Waals surface area contributed by atoms with Gasteiger partial charge in [-0.2, -0.15) is 0 Å². The first kappa shape index (κ1) is 18.9. The Morgan fingerprint density at radius 3 is 1.45 bits per heavy atom. The maximum atomic E-state index is 11.3. The molecule has 6 heteroatoms. The molecule has 2 atom stereocenters. The molecule has 0 amide bonds. The van der Waals surface area contributed by atoms with E-state index in [0.29, 0.717) is 39.6 Å². The van der Waals surface area contributed by atoms with E-state index in [4.69, 9.17) is 18.9 Å². The number of ether oxygens (including phenoxy) is 4. The lowest BCUT2D eigenvalue weighted by molar-refractivity contribution is -0.151. The molecule has 0 N–H and O–H groups in total. The Bertz CT molecular complexity index is 251. The number of hydrogen-bond acceptors (Lipinski definition) is 6. The van der Waals surface area contributed by atoms with Crippen LogP contribution in [0.4, 0.5) is 0 Å². The lowest BCUT2D eigenvalue weighted by atomic mass is 10.2. The van der Waals surface area contributed by atoms with E-state index in [-0.39, 0.29) is 23.8 Å². The molecule has 0 rings (SSSR count). The minimum Gasteiger partial charge on any atom is -0.466 e. The van der Waals surface area contributed by atoms with E-state index >= 15 is 0 Å². The minimum absolute atomic E-state index is 0.260. The van der Waals surface area contributed by atoms with Crippen LogP contribution < -0.4 is 0 Å². The van der Waals surface area contributed by atoms with E-state index in [1.165, 1.54) is 0 Å². The number of carbonyl (C=O) groups is 2. The first-order chi connectivity index (χ1) is 9.52. The SMILES string of the molecule is CCOC(=O)C(C)COCCOCC(C)C(=O)OCC. The molecule has 118 valence electrons. The summed E-state index contributed by atoms with van der Waals surface area (Å²) in [7, 11) is 0. The first-order valence-corrected chi connectivity index (χ1v) is 7.01. The van der Waals surface area contributed by atoms with Crippen molar-refractivity contribution in [1.29, 1.82) is 0 Å². The molecule has 0 radical (unpaired) electrons. The highest BCUT2D eigenvalue weighted by Crippen LogP contribution is 2.01. The van der Waals surface area contributed by atoms with Crippen molar-refractivity contribution in [3.05, 3.63) is 0 Å². The Labute approximate surface area is 120 Å². The molecule has 2 unspecified atom stereocenters.